The molecule has 0 saturated carbocycles. The van der Waals surface area contributed by atoms with E-state index in [1.807, 2.05) is 4.90 Å². The molecule has 24 heavy (non-hydrogen) atoms. The van der Waals surface area contributed by atoms with Gasteiger partial charge in [0.15, 0.2) is 0 Å². The maximum absolute atomic E-state index is 13.8. The summed E-state index contributed by atoms with van der Waals surface area (Å²) in [4.78, 5) is 5.40. The molecule has 0 spiro atoms. The molecule has 3 rings (SSSR count). The number of anilines is 1. The highest BCUT2D eigenvalue weighted by atomic mass is 35.5. The fraction of sp³-hybridized carbons (Fsp3) is 0.267. The minimum absolute atomic E-state index is 0.130. The van der Waals surface area contributed by atoms with Crippen LogP contribution in [0.1, 0.15) is 0 Å². The molecule has 1 aliphatic heterocycles. The van der Waals surface area contributed by atoms with Gasteiger partial charge in [0.25, 0.3) is 0 Å². The van der Waals surface area contributed by atoms with Crippen LogP contribution in [0.5, 0.6) is 0 Å². The van der Waals surface area contributed by atoms with E-state index in [0.29, 0.717) is 30.0 Å². The topological polar surface area (TPSA) is 53.5 Å². The van der Waals surface area contributed by atoms with Crippen molar-refractivity contribution < 1.29 is 17.2 Å². The van der Waals surface area contributed by atoms with Gasteiger partial charge >= 0.3 is 0 Å². The third-order valence-electron chi connectivity index (χ3n) is 3.79. The van der Waals surface area contributed by atoms with Gasteiger partial charge in [-0.3, -0.25) is 0 Å². The zero-order valence-electron chi connectivity index (χ0n) is 12.5. The summed E-state index contributed by atoms with van der Waals surface area (Å²) in [5.41, 5.74) is 0. The molecule has 2 aromatic rings. The number of pyridine rings is 1. The largest absolute Gasteiger partial charge is 0.353 e. The summed E-state index contributed by atoms with van der Waals surface area (Å²) in [6.07, 6.45) is 1.60. The lowest BCUT2D eigenvalue weighted by atomic mass is 10.3. The molecule has 1 fully saturated rings. The first-order valence-corrected chi connectivity index (χ1v) is 9.02. The van der Waals surface area contributed by atoms with Crippen LogP contribution in [0.4, 0.5) is 14.6 Å². The maximum atomic E-state index is 13.8. The van der Waals surface area contributed by atoms with Gasteiger partial charge in [0.05, 0.1) is 5.02 Å². The molecule has 0 atom stereocenters. The number of hydrogen-bond donors (Lipinski definition) is 0. The van der Waals surface area contributed by atoms with E-state index >= 15 is 0 Å². The summed E-state index contributed by atoms with van der Waals surface area (Å²) in [5.74, 6) is -1.19. The van der Waals surface area contributed by atoms with Gasteiger partial charge in [0.1, 0.15) is 22.3 Å². The van der Waals surface area contributed by atoms with Crippen LogP contribution in [-0.4, -0.2) is 43.9 Å². The fourth-order valence-electron chi connectivity index (χ4n) is 2.56. The van der Waals surface area contributed by atoms with E-state index in [-0.39, 0.29) is 13.1 Å². The van der Waals surface area contributed by atoms with Crippen molar-refractivity contribution in [1.82, 2.24) is 9.29 Å². The van der Waals surface area contributed by atoms with Crippen molar-refractivity contribution in [3.8, 4) is 0 Å². The molecule has 0 amide bonds. The highest BCUT2D eigenvalue weighted by Gasteiger charge is 2.31. The Bertz CT molecular complexity index is 856. The van der Waals surface area contributed by atoms with Crippen molar-refractivity contribution in [1.29, 1.82) is 0 Å². The second-order valence-corrected chi connectivity index (χ2v) is 7.59. The predicted octanol–water partition coefficient (Wildman–Crippen LogP) is 2.52. The Morgan fingerprint density at radius 2 is 1.79 bits per heavy atom. The molecule has 2 heterocycles. The van der Waals surface area contributed by atoms with Crippen molar-refractivity contribution in [3.05, 3.63) is 53.2 Å². The number of sulfonamides is 1. The van der Waals surface area contributed by atoms with E-state index in [9.17, 15) is 17.2 Å². The third-order valence-corrected chi connectivity index (χ3v) is 6.00. The minimum Gasteiger partial charge on any atom is -0.353 e. The van der Waals surface area contributed by atoms with Crippen LogP contribution >= 0.6 is 11.6 Å². The third kappa shape index (κ3) is 3.22. The second-order valence-electron chi connectivity index (χ2n) is 5.27. The van der Waals surface area contributed by atoms with Crippen LogP contribution in [0.3, 0.4) is 0 Å². The summed E-state index contributed by atoms with van der Waals surface area (Å²) >= 11 is 6.09. The van der Waals surface area contributed by atoms with E-state index in [1.54, 1.807) is 18.3 Å². The highest BCUT2D eigenvalue weighted by molar-refractivity contribution is 7.89. The minimum atomic E-state index is -4.09. The van der Waals surface area contributed by atoms with Crippen LogP contribution in [-0.2, 0) is 10.0 Å². The second kappa shape index (κ2) is 6.62. The summed E-state index contributed by atoms with van der Waals surface area (Å²) in [5, 5.41) is 0.477. The fourth-order valence-corrected chi connectivity index (χ4v) is 4.30. The predicted molar refractivity (Wildman–Crippen MR) is 86.6 cm³/mol. The van der Waals surface area contributed by atoms with Crippen molar-refractivity contribution in [2.24, 2.45) is 0 Å². The SMILES string of the molecule is O=S(=O)(c1cc(F)ccc1F)N1CCN(c2ncccc2Cl)CC1. The van der Waals surface area contributed by atoms with Crippen molar-refractivity contribution in [2.45, 2.75) is 4.90 Å². The van der Waals surface area contributed by atoms with Gasteiger partial charge in [-0.25, -0.2) is 22.2 Å². The first-order valence-electron chi connectivity index (χ1n) is 7.20. The molecule has 1 aliphatic rings. The number of piperazine rings is 1. The van der Waals surface area contributed by atoms with Gasteiger partial charge in [-0.05, 0) is 30.3 Å². The van der Waals surface area contributed by atoms with Gasteiger partial charge in [-0.2, -0.15) is 4.31 Å². The summed E-state index contributed by atoms with van der Waals surface area (Å²) in [6, 6.07) is 5.81. The maximum Gasteiger partial charge on any atom is 0.246 e. The lowest BCUT2D eigenvalue weighted by Gasteiger charge is -2.35. The first kappa shape index (κ1) is 17.1. The normalized spacial score (nSPS) is 16.4. The molecular weight excluding hydrogens is 360 g/mol. The van der Waals surface area contributed by atoms with E-state index < -0.39 is 26.6 Å². The average Bonchev–Trinajstić information content (AvgIpc) is 2.57. The Balaban J connectivity index is 1.79. The van der Waals surface area contributed by atoms with Crippen LogP contribution in [0, 0.1) is 11.6 Å². The van der Waals surface area contributed by atoms with E-state index in [2.05, 4.69) is 4.98 Å². The van der Waals surface area contributed by atoms with E-state index in [1.165, 1.54) is 0 Å². The van der Waals surface area contributed by atoms with Crippen molar-refractivity contribution in [3.63, 3.8) is 0 Å². The van der Waals surface area contributed by atoms with E-state index in [4.69, 9.17) is 11.6 Å². The summed E-state index contributed by atoms with van der Waals surface area (Å²) in [6.45, 7) is 0.968. The molecule has 1 aromatic heterocycles. The number of aromatic nitrogens is 1. The zero-order valence-corrected chi connectivity index (χ0v) is 14.1. The molecule has 0 bridgehead atoms. The molecule has 5 nitrogen and oxygen atoms in total. The number of rotatable bonds is 3. The molecule has 9 heteroatoms. The number of hydrogen-bond acceptors (Lipinski definition) is 4. The lowest BCUT2D eigenvalue weighted by Crippen LogP contribution is -2.49. The van der Waals surface area contributed by atoms with Gasteiger partial charge in [-0.1, -0.05) is 11.6 Å². The van der Waals surface area contributed by atoms with Gasteiger partial charge in [0, 0.05) is 32.4 Å². The average molecular weight is 374 g/mol. The van der Waals surface area contributed by atoms with Crippen LogP contribution < -0.4 is 4.90 Å². The first-order chi connectivity index (χ1) is 11.4. The Labute approximate surface area is 143 Å². The zero-order chi connectivity index (χ0) is 17.3. The lowest BCUT2D eigenvalue weighted by molar-refractivity contribution is 0.381. The highest BCUT2D eigenvalue weighted by Crippen LogP contribution is 2.26. The van der Waals surface area contributed by atoms with Gasteiger partial charge in [0.2, 0.25) is 10.0 Å². The molecule has 1 aromatic carbocycles. The molecule has 0 aliphatic carbocycles. The van der Waals surface area contributed by atoms with Gasteiger partial charge < -0.3 is 4.90 Å². The van der Waals surface area contributed by atoms with Crippen LogP contribution in [0.15, 0.2) is 41.4 Å². The Hall–Kier alpha value is -1.77. The van der Waals surface area contributed by atoms with Crippen molar-refractivity contribution >= 4 is 27.4 Å². The number of benzene rings is 1. The van der Waals surface area contributed by atoms with E-state index in [0.717, 1.165) is 16.4 Å². The molecule has 0 radical (unpaired) electrons. The summed E-state index contributed by atoms with van der Waals surface area (Å²) < 4.78 is 53.3. The Morgan fingerprint density at radius 3 is 2.46 bits per heavy atom. The van der Waals surface area contributed by atoms with Crippen molar-refractivity contribution in [2.75, 3.05) is 31.1 Å². The van der Waals surface area contributed by atoms with Crippen LogP contribution in [0.25, 0.3) is 0 Å². The van der Waals surface area contributed by atoms with Crippen LogP contribution in [0.2, 0.25) is 5.02 Å². The molecule has 128 valence electrons. The Morgan fingerprint density at radius 1 is 1.08 bits per heavy atom. The smallest absolute Gasteiger partial charge is 0.246 e. The molecule has 0 N–H and O–H groups in total. The Kier molecular flexibility index (Phi) is 4.71. The quantitative estimate of drug-likeness (QED) is 0.829. The number of halogens is 3. The molecule has 0 unspecified atom stereocenters. The molecule has 1 saturated heterocycles. The monoisotopic (exact) mass is 373 g/mol. The van der Waals surface area contributed by atoms with Gasteiger partial charge in [-0.15, -0.1) is 0 Å². The molecular formula is C15H14ClF2N3O2S. The number of nitrogens with zero attached hydrogens (tertiary/aromatic N) is 3. The summed E-state index contributed by atoms with van der Waals surface area (Å²) in [7, 11) is -4.09. The standard InChI is InChI=1S/C15H14ClF2N3O2S/c16-12-2-1-5-19-15(12)20-6-8-21(9-7-20)24(22,23)14-10-11(17)3-4-13(14)18/h1-5,10H,6-9H2.